The number of aromatic hydroxyl groups is 1. The maximum absolute atomic E-state index is 12.7. The first kappa shape index (κ1) is 29.6. The minimum atomic E-state index is -1.21. The highest BCUT2D eigenvalue weighted by molar-refractivity contribution is 9.11. The van der Waals surface area contributed by atoms with Crippen LogP contribution in [0.15, 0.2) is 39.3 Å². The van der Waals surface area contributed by atoms with E-state index in [1.54, 1.807) is 30.3 Å². The van der Waals surface area contributed by atoms with Crippen LogP contribution in [-0.4, -0.2) is 34.0 Å². The molecule has 0 heterocycles. The van der Waals surface area contributed by atoms with Crippen molar-refractivity contribution in [2.24, 2.45) is 11.7 Å². The molecule has 2 aromatic rings. The number of amides is 2. The van der Waals surface area contributed by atoms with E-state index in [4.69, 9.17) is 10.5 Å². The molecule has 2 amide bonds. The van der Waals surface area contributed by atoms with Crippen LogP contribution in [-0.2, 0) is 20.8 Å². The SMILES string of the molecule is CCCCC(CC(N)=O)[C@H](NC(=O)Cc1cc(Br)c(Oc2ccc(O)c(C(C)C)c2)c(Br)c1)C(=O)O. The second-order valence-electron chi connectivity index (χ2n) is 9.00. The lowest BCUT2D eigenvalue weighted by atomic mass is 9.90. The van der Waals surface area contributed by atoms with Gasteiger partial charge in [-0.1, -0.05) is 33.6 Å². The van der Waals surface area contributed by atoms with Crippen molar-refractivity contribution < 1.29 is 29.3 Å². The number of benzene rings is 2. The van der Waals surface area contributed by atoms with E-state index < -0.39 is 29.7 Å². The van der Waals surface area contributed by atoms with Gasteiger partial charge in [-0.15, -0.1) is 0 Å². The number of unbranched alkanes of at least 4 members (excludes halogenated alkanes) is 1. The average Bonchev–Trinajstić information content (AvgIpc) is 2.78. The number of phenolic OH excluding ortho intramolecular Hbond substituents is 1. The summed E-state index contributed by atoms with van der Waals surface area (Å²) in [4.78, 5) is 36.1. The second-order valence-corrected chi connectivity index (χ2v) is 10.7. The van der Waals surface area contributed by atoms with Gasteiger partial charge in [-0.3, -0.25) is 9.59 Å². The van der Waals surface area contributed by atoms with E-state index in [1.165, 1.54) is 0 Å². The number of hydrogen-bond donors (Lipinski definition) is 4. The van der Waals surface area contributed by atoms with Crippen molar-refractivity contribution in [1.29, 1.82) is 0 Å². The normalized spacial score (nSPS) is 12.7. The van der Waals surface area contributed by atoms with Crippen molar-refractivity contribution in [3.8, 4) is 17.2 Å². The number of hydrogen-bond acceptors (Lipinski definition) is 5. The molecule has 0 aliphatic carbocycles. The first-order valence-electron chi connectivity index (χ1n) is 11.7. The molecule has 196 valence electrons. The van der Waals surface area contributed by atoms with E-state index in [-0.39, 0.29) is 24.5 Å². The molecule has 0 spiro atoms. The molecule has 0 aliphatic rings. The monoisotopic (exact) mass is 626 g/mol. The standard InChI is InChI=1S/C26H32Br2N2O6/c1-4-5-6-16(12-22(29)32)24(26(34)35)30-23(33)11-15-9-19(27)25(20(28)10-15)36-17-7-8-21(31)18(13-17)14(2)3/h7-10,13-14,16,24,31H,4-6,11-12H2,1-3H3,(H2,29,32)(H,30,33)(H,34,35)/t16?,24-/m0/s1. The summed E-state index contributed by atoms with van der Waals surface area (Å²) in [7, 11) is 0. The number of primary amides is 1. The average molecular weight is 628 g/mol. The maximum atomic E-state index is 12.7. The Morgan fingerprint density at radius 1 is 1.11 bits per heavy atom. The van der Waals surface area contributed by atoms with Gasteiger partial charge < -0.3 is 26.0 Å². The smallest absolute Gasteiger partial charge is 0.326 e. The third kappa shape index (κ3) is 8.51. The summed E-state index contributed by atoms with van der Waals surface area (Å²) >= 11 is 6.96. The number of nitrogens with one attached hydrogen (secondary N) is 1. The number of carbonyl (C=O) groups excluding carboxylic acids is 2. The molecule has 36 heavy (non-hydrogen) atoms. The van der Waals surface area contributed by atoms with E-state index in [1.807, 2.05) is 20.8 Å². The van der Waals surface area contributed by atoms with Gasteiger partial charge in [-0.2, -0.15) is 0 Å². The number of ether oxygens (including phenoxy) is 1. The molecular weight excluding hydrogens is 596 g/mol. The summed E-state index contributed by atoms with van der Waals surface area (Å²) in [5.41, 5.74) is 6.69. The lowest BCUT2D eigenvalue weighted by molar-refractivity contribution is -0.143. The van der Waals surface area contributed by atoms with Gasteiger partial charge in [0.1, 0.15) is 17.5 Å². The molecule has 2 aromatic carbocycles. The van der Waals surface area contributed by atoms with Crippen molar-refractivity contribution >= 4 is 49.6 Å². The van der Waals surface area contributed by atoms with Gasteiger partial charge in [0.15, 0.2) is 5.75 Å². The largest absolute Gasteiger partial charge is 0.508 e. The number of phenols is 1. The van der Waals surface area contributed by atoms with Crippen molar-refractivity contribution in [2.45, 2.75) is 64.8 Å². The molecule has 5 N–H and O–H groups in total. The van der Waals surface area contributed by atoms with Gasteiger partial charge in [-0.05, 0) is 86.0 Å². The zero-order chi connectivity index (χ0) is 27.0. The molecule has 0 aliphatic heterocycles. The van der Waals surface area contributed by atoms with E-state index >= 15 is 0 Å². The summed E-state index contributed by atoms with van der Waals surface area (Å²) < 4.78 is 7.19. The van der Waals surface area contributed by atoms with Crippen molar-refractivity contribution in [1.82, 2.24) is 5.32 Å². The Kier molecular flexibility index (Phi) is 11.2. The second kappa shape index (κ2) is 13.6. The fraction of sp³-hybridized carbons (Fsp3) is 0.423. The Morgan fingerprint density at radius 3 is 2.28 bits per heavy atom. The van der Waals surface area contributed by atoms with Gasteiger partial charge in [0, 0.05) is 12.0 Å². The molecule has 0 saturated carbocycles. The zero-order valence-corrected chi connectivity index (χ0v) is 23.7. The van der Waals surface area contributed by atoms with Crippen LogP contribution in [0.4, 0.5) is 0 Å². The van der Waals surface area contributed by atoms with Crippen LogP contribution in [0.1, 0.15) is 63.5 Å². The quantitative estimate of drug-likeness (QED) is 0.227. The van der Waals surface area contributed by atoms with Crippen molar-refractivity contribution in [3.05, 3.63) is 50.4 Å². The Morgan fingerprint density at radius 2 is 1.75 bits per heavy atom. The highest BCUT2D eigenvalue weighted by Gasteiger charge is 2.30. The molecule has 2 rings (SSSR count). The Bertz CT molecular complexity index is 1080. The maximum Gasteiger partial charge on any atom is 0.326 e. The summed E-state index contributed by atoms with van der Waals surface area (Å²) in [6.07, 6.45) is 1.83. The van der Waals surface area contributed by atoms with Crippen LogP contribution in [0.3, 0.4) is 0 Å². The van der Waals surface area contributed by atoms with Crippen LogP contribution < -0.4 is 15.8 Å². The summed E-state index contributed by atoms with van der Waals surface area (Å²) in [6.45, 7) is 5.91. The number of rotatable bonds is 13. The number of carboxylic acids is 1. The Balaban J connectivity index is 2.18. The summed E-state index contributed by atoms with van der Waals surface area (Å²) in [6, 6.07) is 7.24. The van der Waals surface area contributed by atoms with Gasteiger partial charge in [0.05, 0.1) is 15.4 Å². The molecule has 10 heteroatoms. The molecule has 0 fully saturated rings. The first-order chi connectivity index (χ1) is 16.9. The Hall–Kier alpha value is -2.59. The number of carbonyl (C=O) groups is 3. The predicted molar refractivity (Wildman–Crippen MR) is 144 cm³/mol. The lowest BCUT2D eigenvalue weighted by Crippen LogP contribution is -2.47. The summed E-state index contributed by atoms with van der Waals surface area (Å²) in [5, 5.41) is 22.3. The van der Waals surface area contributed by atoms with Crippen LogP contribution in [0.25, 0.3) is 0 Å². The molecule has 0 saturated heterocycles. The highest BCUT2D eigenvalue weighted by atomic mass is 79.9. The number of nitrogens with two attached hydrogens (primary N) is 1. The van der Waals surface area contributed by atoms with Gasteiger partial charge >= 0.3 is 5.97 Å². The first-order valence-corrected chi connectivity index (χ1v) is 13.3. The van der Waals surface area contributed by atoms with Gasteiger partial charge in [-0.25, -0.2) is 4.79 Å². The number of aliphatic carboxylic acids is 1. The van der Waals surface area contributed by atoms with Crippen molar-refractivity contribution in [2.75, 3.05) is 0 Å². The van der Waals surface area contributed by atoms with Crippen molar-refractivity contribution in [3.63, 3.8) is 0 Å². The molecule has 2 atom stereocenters. The van der Waals surface area contributed by atoms with Gasteiger partial charge in [0.25, 0.3) is 0 Å². The molecule has 0 bridgehead atoms. The fourth-order valence-corrected chi connectivity index (χ4v) is 5.33. The van der Waals surface area contributed by atoms with Crippen LogP contribution in [0.5, 0.6) is 17.2 Å². The number of carboxylic acid groups (broad SMARTS) is 1. The lowest BCUT2D eigenvalue weighted by Gasteiger charge is -2.24. The van der Waals surface area contributed by atoms with Crippen LogP contribution >= 0.6 is 31.9 Å². The highest BCUT2D eigenvalue weighted by Crippen LogP contribution is 2.39. The van der Waals surface area contributed by atoms with E-state index in [0.717, 1.165) is 18.4 Å². The minimum Gasteiger partial charge on any atom is -0.508 e. The Labute approximate surface area is 227 Å². The third-order valence-corrected chi connectivity index (χ3v) is 6.89. The number of halogens is 2. The minimum absolute atomic E-state index is 0.0744. The molecular formula is C26H32Br2N2O6. The van der Waals surface area contributed by atoms with E-state index in [2.05, 4.69) is 37.2 Å². The van der Waals surface area contributed by atoms with Crippen LogP contribution in [0, 0.1) is 5.92 Å². The predicted octanol–water partition coefficient (Wildman–Crippen LogP) is 5.63. The molecule has 8 nitrogen and oxygen atoms in total. The van der Waals surface area contributed by atoms with Crippen LogP contribution in [0.2, 0.25) is 0 Å². The van der Waals surface area contributed by atoms with Gasteiger partial charge in [0.2, 0.25) is 11.8 Å². The van der Waals surface area contributed by atoms with E-state index in [0.29, 0.717) is 32.4 Å². The zero-order valence-electron chi connectivity index (χ0n) is 20.5. The molecule has 0 radical (unpaired) electrons. The fourth-order valence-electron chi connectivity index (χ4n) is 3.89. The molecule has 1 unspecified atom stereocenters. The van der Waals surface area contributed by atoms with E-state index in [9.17, 15) is 24.6 Å². The summed E-state index contributed by atoms with van der Waals surface area (Å²) in [5.74, 6) is -1.53. The third-order valence-electron chi connectivity index (χ3n) is 5.71. The topological polar surface area (TPSA) is 139 Å². The molecule has 0 aromatic heterocycles.